The number of aliphatic carboxylic acids is 1. The van der Waals surface area contributed by atoms with Crippen LogP contribution in [0.5, 0.6) is 0 Å². The first-order valence-electron chi connectivity index (χ1n) is 5.55. The molecule has 0 saturated carbocycles. The van der Waals surface area contributed by atoms with Crippen molar-refractivity contribution in [3.63, 3.8) is 0 Å². The van der Waals surface area contributed by atoms with E-state index in [4.69, 9.17) is 14.6 Å². The van der Waals surface area contributed by atoms with Crippen LogP contribution in [0, 0.1) is 0 Å². The molecule has 10 nitrogen and oxygen atoms in total. The van der Waals surface area contributed by atoms with Gasteiger partial charge in [-0.15, -0.1) is 10.2 Å². The molecular formula is C10H11N5O5. The van der Waals surface area contributed by atoms with Gasteiger partial charge in [0.15, 0.2) is 11.9 Å². The van der Waals surface area contributed by atoms with Crippen molar-refractivity contribution >= 4 is 11.9 Å². The second-order valence-corrected chi connectivity index (χ2v) is 3.78. The van der Waals surface area contributed by atoms with Gasteiger partial charge in [-0.2, -0.15) is 4.80 Å². The second kappa shape index (κ2) is 5.93. The Morgan fingerprint density at radius 3 is 2.95 bits per heavy atom. The average molecular weight is 281 g/mol. The number of carbonyl (C=O) groups is 2. The number of hydrogen-bond donors (Lipinski definition) is 3. The van der Waals surface area contributed by atoms with Crippen molar-refractivity contribution in [1.82, 2.24) is 25.5 Å². The molecule has 0 aliphatic rings. The van der Waals surface area contributed by atoms with Crippen molar-refractivity contribution in [2.24, 2.45) is 0 Å². The van der Waals surface area contributed by atoms with Crippen LogP contribution in [0.2, 0.25) is 0 Å². The highest BCUT2D eigenvalue weighted by molar-refractivity contribution is 5.77. The first-order chi connectivity index (χ1) is 9.56. The number of tetrazole rings is 1. The monoisotopic (exact) mass is 281 g/mol. The van der Waals surface area contributed by atoms with E-state index in [1.54, 1.807) is 12.1 Å². The van der Waals surface area contributed by atoms with E-state index in [-0.39, 0.29) is 12.4 Å². The van der Waals surface area contributed by atoms with E-state index in [9.17, 15) is 9.59 Å². The number of carbonyl (C=O) groups excluding carboxylic acids is 1. The van der Waals surface area contributed by atoms with Gasteiger partial charge in [-0.25, -0.2) is 4.79 Å². The number of aliphatic hydroxyl groups excluding tert-OH is 1. The predicted octanol–water partition coefficient (Wildman–Crippen LogP) is -1.51. The van der Waals surface area contributed by atoms with Gasteiger partial charge in [0.25, 0.3) is 0 Å². The predicted molar refractivity (Wildman–Crippen MR) is 62.2 cm³/mol. The lowest BCUT2D eigenvalue weighted by Crippen LogP contribution is -2.38. The minimum Gasteiger partial charge on any atom is -0.479 e. The fourth-order valence-electron chi connectivity index (χ4n) is 1.30. The number of amides is 1. The summed E-state index contributed by atoms with van der Waals surface area (Å²) < 4.78 is 5.07. The van der Waals surface area contributed by atoms with Crippen LogP contribution in [-0.4, -0.2) is 54.9 Å². The molecule has 20 heavy (non-hydrogen) atoms. The normalized spacial score (nSPS) is 12.1. The Morgan fingerprint density at radius 1 is 1.50 bits per heavy atom. The molecule has 3 N–H and O–H groups in total. The maximum absolute atomic E-state index is 11.5. The molecule has 0 aliphatic heterocycles. The number of rotatable bonds is 6. The van der Waals surface area contributed by atoms with Crippen molar-refractivity contribution in [3.8, 4) is 11.6 Å². The van der Waals surface area contributed by atoms with Crippen molar-refractivity contribution in [1.29, 1.82) is 0 Å². The van der Waals surface area contributed by atoms with Crippen molar-refractivity contribution < 1.29 is 24.2 Å². The molecule has 0 unspecified atom stereocenters. The summed E-state index contributed by atoms with van der Waals surface area (Å²) in [5.74, 6) is -1.32. The maximum Gasteiger partial charge on any atom is 0.334 e. The first-order valence-corrected chi connectivity index (χ1v) is 5.55. The molecule has 2 aromatic heterocycles. The molecule has 1 atom stereocenters. The number of carboxylic acid groups (broad SMARTS) is 1. The Labute approximate surface area is 112 Å². The number of hydrogen-bond acceptors (Lipinski definition) is 7. The van der Waals surface area contributed by atoms with Crippen LogP contribution in [-0.2, 0) is 16.1 Å². The van der Waals surface area contributed by atoms with E-state index in [1.165, 1.54) is 6.26 Å². The summed E-state index contributed by atoms with van der Waals surface area (Å²) in [5.41, 5.74) is 0. The lowest BCUT2D eigenvalue weighted by atomic mass is 10.3. The number of furan rings is 1. The molecule has 0 spiro atoms. The smallest absolute Gasteiger partial charge is 0.334 e. The summed E-state index contributed by atoms with van der Waals surface area (Å²) >= 11 is 0. The third-order valence-electron chi connectivity index (χ3n) is 2.26. The Kier molecular flexibility index (Phi) is 4.05. The van der Waals surface area contributed by atoms with Gasteiger partial charge in [0.05, 0.1) is 12.8 Å². The van der Waals surface area contributed by atoms with Gasteiger partial charge in [0.2, 0.25) is 11.7 Å². The molecule has 0 fully saturated rings. The first kappa shape index (κ1) is 13.7. The van der Waals surface area contributed by atoms with Crippen molar-refractivity contribution in [2.75, 3.05) is 6.54 Å². The highest BCUT2D eigenvalue weighted by Gasteiger charge is 2.15. The van der Waals surface area contributed by atoms with Crippen LogP contribution in [0.4, 0.5) is 0 Å². The van der Waals surface area contributed by atoms with Gasteiger partial charge >= 0.3 is 5.97 Å². The van der Waals surface area contributed by atoms with E-state index in [2.05, 4.69) is 20.7 Å². The van der Waals surface area contributed by atoms with Crippen LogP contribution in [0.25, 0.3) is 11.6 Å². The summed E-state index contributed by atoms with van der Waals surface area (Å²) in [6.07, 6.45) is -0.197. The van der Waals surface area contributed by atoms with Crippen LogP contribution in [0.1, 0.15) is 0 Å². The molecular weight excluding hydrogens is 270 g/mol. The fraction of sp³-hybridized carbons (Fsp3) is 0.300. The zero-order valence-corrected chi connectivity index (χ0v) is 10.1. The summed E-state index contributed by atoms with van der Waals surface area (Å²) in [5, 5.41) is 30.9. The SMILES string of the molecule is O=C(Cn1nnc(-c2ccco2)n1)NC[C@H](O)C(=O)O. The van der Waals surface area contributed by atoms with Gasteiger partial charge < -0.3 is 19.9 Å². The van der Waals surface area contributed by atoms with Gasteiger partial charge in [-0.3, -0.25) is 4.79 Å². The fourth-order valence-corrected chi connectivity index (χ4v) is 1.30. The van der Waals surface area contributed by atoms with Gasteiger partial charge in [0.1, 0.15) is 6.54 Å². The van der Waals surface area contributed by atoms with Crippen LogP contribution >= 0.6 is 0 Å². The largest absolute Gasteiger partial charge is 0.479 e. The second-order valence-electron chi connectivity index (χ2n) is 3.78. The van der Waals surface area contributed by atoms with Crippen molar-refractivity contribution in [3.05, 3.63) is 18.4 Å². The molecule has 0 aromatic carbocycles. The lowest BCUT2D eigenvalue weighted by Gasteiger charge is -2.06. The standard InChI is InChI=1S/C10H11N5O5/c16-6(10(18)19)4-11-8(17)5-15-13-9(12-14-15)7-2-1-3-20-7/h1-3,6,16H,4-5H2,(H,11,17)(H,18,19)/t6-/m0/s1. The Hall–Kier alpha value is -2.75. The van der Waals surface area contributed by atoms with Gasteiger partial charge in [-0.1, -0.05) is 0 Å². The van der Waals surface area contributed by atoms with Crippen LogP contribution < -0.4 is 5.32 Å². The van der Waals surface area contributed by atoms with Gasteiger partial charge in [0, 0.05) is 0 Å². The molecule has 0 radical (unpaired) electrons. The Balaban J connectivity index is 1.87. The number of nitrogens with one attached hydrogen (secondary N) is 1. The molecule has 10 heteroatoms. The zero-order chi connectivity index (χ0) is 14.5. The van der Waals surface area contributed by atoms with Crippen LogP contribution in [0.3, 0.4) is 0 Å². The quantitative estimate of drug-likeness (QED) is 0.580. The highest BCUT2D eigenvalue weighted by atomic mass is 16.4. The molecule has 0 aliphatic carbocycles. The van der Waals surface area contributed by atoms with Crippen molar-refractivity contribution in [2.45, 2.75) is 12.6 Å². The van der Waals surface area contributed by atoms with E-state index < -0.39 is 24.5 Å². The lowest BCUT2D eigenvalue weighted by molar-refractivity contribution is -0.146. The molecule has 2 aromatic rings. The maximum atomic E-state index is 11.5. The van der Waals surface area contributed by atoms with E-state index in [1.807, 2.05) is 0 Å². The molecule has 1 amide bonds. The average Bonchev–Trinajstić information content (AvgIpc) is 3.05. The Bertz CT molecular complexity index is 593. The minimum absolute atomic E-state index is 0.230. The van der Waals surface area contributed by atoms with E-state index >= 15 is 0 Å². The minimum atomic E-state index is -1.65. The Morgan fingerprint density at radius 2 is 2.30 bits per heavy atom. The number of nitrogens with zero attached hydrogens (tertiary/aromatic N) is 4. The van der Waals surface area contributed by atoms with E-state index in [0.717, 1.165) is 4.80 Å². The number of carboxylic acids is 1. The summed E-state index contributed by atoms with van der Waals surface area (Å²) in [4.78, 5) is 22.8. The molecule has 106 valence electrons. The third kappa shape index (κ3) is 3.38. The molecule has 0 saturated heterocycles. The van der Waals surface area contributed by atoms with E-state index in [0.29, 0.717) is 5.76 Å². The summed E-state index contributed by atoms with van der Waals surface area (Å²) in [7, 11) is 0. The summed E-state index contributed by atoms with van der Waals surface area (Å²) in [6.45, 7) is -0.645. The highest BCUT2D eigenvalue weighted by Crippen LogP contribution is 2.12. The molecule has 0 bridgehead atoms. The van der Waals surface area contributed by atoms with Gasteiger partial charge in [-0.05, 0) is 17.3 Å². The topological polar surface area (TPSA) is 143 Å². The molecule has 2 heterocycles. The summed E-state index contributed by atoms with van der Waals surface area (Å²) in [6, 6.07) is 3.31. The van der Waals surface area contributed by atoms with Crippen LogP contribution in [0.15, 0.2) is 22.8 Å². The molecule has 2 rings (SSSR count). The number of aliphatic hydroxyl groups is 1. The number of aromatic nitrogens is 4. The third-order valence-corrected chi connectivity index (χ3v) is 2.26. The zero-order valence-electron chi connectivity index (χ0n) is 10.1.